The molecule has 0 spiro atoms. The fourth-order valence-electron chi connectivity index (χ4n) is 3.12. The third-order valence-corrected chi connectivity index (χ3v) is 4.85. The summed E-state index contributed by atoms with van der Waals surface area (Å²) in [6.07, 6.45) is 1.43. The molecule has 31 heavy (non-hydrogen) atoms. The minimum Gasteiger partial charge on any atom is -0.394 e. The minimum absolute atomic E-state index is 0.00287. The topological polar surface area (TPSA) is 117 Å². The highest BCUT2D eigenvalue weighted by Crippen LogP contribution is 2.26. The number of hydrogen-bond donors (Lipinski definition) is 3. The number of nitrogens with one attached hydrogen (secondary N) is 2. The summed E-state index contributed by atoms with van der Waals surface area (Å²) in [4.78, 5) is 12.2. The van der Waals surface area contributed by atoms with Crippen LogP contribution in [0.5, 0.6) is 0 Å². The number of halogens is 3. The third kappa shape index (κ3) is 7.62. The highest BCUT2D eigenvalue weighted by molar-refractivity contribution is 7.91. The van der Waals surface area contributed by atoms with E-state index in [9.17, 15) is 26.7 Å². The second-order valence-corrected chi connectivity index (χ2v) is 9.56. The molecule has 0 aliphatic rings. The molecule has 8 nitrogen and oxygen atoms in total. The summed E-state index contributed by atoms with van der Waals surface area (Å²) in [5, 5.41) is 12.5. The van der Waals surface area contributed by atoms with E-state index in [0.717, 1.165) is 6.26 Å². The zero-order valence-electron chi connectivity index (χ0n) is 17.7. The van der Waals surface area contributed by atoms with Crippen molar-refractivity contribution in [2.75, 3.05) is 22.9 Å². The van der Waals surface area contributed by atoms with Gasteiger partial charge in [0.1, 0.15) is 23.3 Å². The van der Waals surface area contributed by atoms with E-state index in [1.54, 1.807) is 0 Å². The Morgan fingerprint density at radius 1 is 1.03 bits per heavy atom. The van der Waals surface area contributed by atoms with E-state index < -0.39 is 39.4 Å². The van der Waals surface area contributed by atoms with Gasteiger partial charge in [-0.15, -0.1) is 0 Å². The van der Waals surface area contributed by atoms with Crippen molar-refractivity contribution in [3.05, 3.63) is 41.0 Å². The lowest BCUT2D eigenvalue weighted by molar-refractivity contribution is 0.259. The number of aliphatic hydroxyl groups excluding tert-OH is 1. The highest BCUT2D eigenvalue weighted by atomic mass is 32.2. The van der Waals surface area contributed by atoms with Gasteiger partial charge >= 0.3 is 0 Å². The Kier molecular flexibility index (Phi) is 8.18. The second kappa shape index (κ2) is 10.2. The molecular formula is C19H26F3N5O3S. The van der Waals surface area contributed by atoms with Gasteiger partial charge in [-0.3, -0.25) is 4.72 Å². The van der Waals surface area contributed by atoms with Crippen molar-refractivity contribution in [1.29, 1.82) is 0 Å². The van der Waals surface area contributed by atoms with E-state index in [0.29, 0.717) is 18.6 Å². The Labute approximate surface area is 179 Å². The van der Waals surface area contributed by atoms with Crippen LogP contribution in [0.1, 0.15) is 44.5 Å². The van der Waals surface area contributed by atoms with Gasteiger partial charge in [0.25, 0.3) is 0 Å². The number of aliphatic hydroxyl groups is 1. The average molecular weight is 462 g/mol. The monoisotopic (exact) mass is 461 g/mol. The van der Waals surface area contributed by atoms with Gasteiger partial charge in [0, 0.05) is 24.1 Å². The molecule has 0 aliphatic carbocycles. The highest BCUT2D eigenvalue weighted by Gasteiger charge is 2.21. The van der Waals surface area contributed by atoms with Crippen LogP contribution < -0.4 is 10.0 Å². The summed E-state index contributed by atoms with van der Waals surface area (Å²) in [6, 6.07) is 0.777. The van der Waals surface area contributed by atoms with Gasteiger partial charge in [0.2, 0.25) is 21.9 Å². The smallest absolute Gasteiger partial charge is 0.241 e. The van der Waals surface area contributed by atoms with E-state index in [4.69, 9.17) is 0 Å². The molecule has 172 valence electrons. The molecule has 2 rings (SSSR count). The summed E-state index contributed by atoms with van der Waals surface area (Å²) in [6.45, 7) is 5.23. The number of nitrogens with zero attached hydrogens (tertiary/aromatic N) is 3. The number of hydrogen-bond acceptors (Lipinski definition) is 7. The fraction of sp³-hybridized carbons (Fsp3) is 0.526. The summed E-state index contributed by atoms with van der Waals surface area (Å²) in [7, 11) is -3.70. The molecule has 3 N–H and O–H groups in total. The van der Waals surface area contributed by atoms with E-state index >= 15 is 0 Å². The molecular weight excluding hydrogens is 435 g/mol. The van der Waals surface area contributed by atoms with Crippen molar-refractivity contribution in [3.63, 3.8) is 0 Å². The zero-order valence-corrected chi connectivity index (χ0v) is 18.5. The number of aromatic nitrogens is 3. The predicted molar refractivity (Wildman–Crippen MR) is 111 cm³/mol. The van der Waals surface area contributed by atoms with Crippen molar-refractivity contribution in [1.82, 2.24) is 15.0 Å². The molecule has 0 saturated carbocycles. The van der Waals surface area contributed by atoms with Gasteiger partial charge in [-0.05, 0) is 18.3 Å². The molecule has 0 bridgehead atoms. The molecule has 1 aromatic carbocycles. The number of rotatable bonds is 10. The molecule has 0 radical (unpaired) electrons. The molecule has 0 fully saturated rings. The van der Waals surface area contributed by atoms with Crippen LogP contribution in [0.25, 0.3) is 0 Å². The summed E-state index contributed by atoms with van der Waals surface area (Å²) < 4.78 is 66.8. The Hall–Kier alpha value is -2.47. The number of anilines is 2. The van der Waals surface area contributed by atoms with Crippen molar-refractivity contribution >= 4 is 21.9 Å². The molecule has 2 atom stereocenters. The maximum Gasteiger partial charge on any atom is 0.241 e. The molecule has 12 heteroatoms. The van der Waals surface area contributed by atoms with Crippen LogP contribution in [0.4, 0.5) is 25.1 Å². The summed E-state index contributed by atoms with van der Waals surface area (Å²) in [5.41, 5.74) is -0.331. The molecule has 1 aromatic heterocycles. The van der Waals surface area contributed by atoms with Crippen LogP contribution in [-0.4, -0.2) is 47.4 Å². The fourth-order valence-corrected chi connectivity index (χ4v) is 3.54. The summed E-state index contributed by atoms with van der Waals surface area (Å²) >= 11 is 0. The van der Waals surface area contributed by atoms with Crippen LogP contribution in [0.2, 0.25) is 0 Å². The molecule has 0 amide bonds. The van der Waals surface area contributed by atoms with Crippen LogP contribution in [0, 0.1) is 23.4 Å². The molecule has 1 heterocycles. The third-order valence-electron chi connectivity index (χ3n) is 4.29. The van der Waals surface area contributed by atoms with E-state index in [2.05, 4.69) is 25.0 Å². The Morgan fingerprint density at radius 2 is 1.61 bits per heavy atom. The van der Waals surface area contributed by atoms with Crippen molar-refractivity contribution in [3.8, 4) is 0 Å². The predicted octanol–water partition coefficient (Wildman–Crippen LogP) is 2.83. The lowest BCUT2D eigenvalue weighted by Crippen LogP contribution is -2.27. The first-order valence-corrected chi connectivity index (χ1v) is 11.5. The standard InChI is InChI=1S/C19H26F3N5O3S/c1-10(2)5-13(9-28)23-18-24-16(25-19(26-18)27-31(4,29)30)6-11(3)17-14(21)7-12(20)8-15(17)22/h7-8,10-11,13,28H,5-6,9H2,1-4H3,(H2,23,24,25,26,27). The van der Waals surface area contributed by atoms with Gasteiger partial charge in [-0.1, -0.05) is 20.8 Å². The maximum atomic E-state index is 14.1. The van der Waals surface area contributed by atoms with Crippen molar-refractivity contribution in [2.24, 2.45) is 5.92 Å². The maximum absolute atomic E-state index is 14.1. The number of benzene rings is 1. The second-order valence-electron chi connectivity index (χ2n) is 7.81. The Morgan fingerprint density at radius 3 is 2.13 bits per heavy atom. The lowest BCUT2D eigenvalue weighted by atomic mass is 9.96. The van der Waals surface area contributed by atoms with Gasteiger partial charge < -0.3 is 10.4 Å². The van der Waals surface area contributed by atoms with Crippen LogP contribution >= 0.6 is 0 Å². The molecule has 2 aromatic rings. The average Bonchev–Trinajstić information content (AvgIpc) is 2.57. The largest absolute Gasteiger partial charge is 0.394 e. The molecule has 0 aliphatic heterocycles. The van der Waals surface area contributed by atoms with Gasteiger partial charge in [0.05, 0.1) is 18.9 Å². The summed E-state index contributed by atoms with van der Waals surface area (Å²) in [5.74, 6) is -3.85. The minimum atomic E-state index is -3.70. The lowest BCUT2D eigenvalue weighted by Gasteiger charge is -2.19. The zero-order chi connectivity index (χ0) is 23.3. The first-order chi connectivity index (χ1) is 14.4. The van der Waals surface area contributed by atoms with E-state index in [1.807, 2.05) is 13.8 Å². The quantitative estimate of drug-likeness (QED) is 0.498. The number of sulfonamides is 1. The van der Waals surface area contributed by atoms with Crippen molar-refractivity contribution in [2.45, 2.75) is 45.6 Å². The van der Waals surface area contributed by atoms with Crippen molar-refractivity contribution < 1.29 is 26.7 Å². The first-order valence-electron chi connectivity index (χ1n) is 9.62. The van der Waals surface area contributed by atoms with Crippen LogP contribution in [-0.2, 0) is 16.4 Å². The van der Waals surface area contributed by atoms with Crippen LogP contribution in [0.3, 0.4) is 0 Å². The van der Waals surface area contributed by atoms with Crippen LogP contribution in [0.15, 0.2) is 12.1 Å². The van der Waals surface area contributed by atoms with Gasteiger partial charge in [-0.2, -0.15) is 15.0 Å². The van der Waals surface area contributed by atoms with E-state index in [1.165, 1.54) is 6.92 Å². The van der Waals surface area contributed by atoms with Gasteiger partial charge in [-0.25, -0.2) is 21.6 Å². The Bertz CT molecular complexity index is 998. The normalized spacial score (nSPS) is 13.8. The first kappa shape index (κ1) is 24.8. The molecule has 0 saturated heterocycles. The van der Waals surface area contributed by atoms with Gasteiger partial charge in [0.15, 0.2) is 0 Å². The SMILES string of the molecule is CC(C)CC(CO)Nc1nc(CC(C)c2c(F)cc(F)cc2F)nc(NS(C)(=O)=O)n1. The Balaban J connectivity index is 2.38. The van der Waals surface area contributed by atoms with E-state index in [-0.39, 0.29) is 42.2 Å². The molecule has 2 unspecified atom stereocenters.